The van der Waals surface area contributed by atoms with Gasteiger partial charge in [0.1, 0.15) is 0 Å². The number of sulfonamides is 1. The van der Waals surface area contributed by atoms with Gasteiger partial charge in [-0.1, -0.05) is 34.5 Å². The average Bonchev–Trinajstić information content (AvgIpc) is 2.27. The third-order valence-electron chi connectivity index (χ3n) is 2.00. The fraction of sp³-hybridized carbons (Fsp3) is 0.300. The first-order valence-corrected chi connectivity index (χ1v) is 7.61. The maximum Gasteiger partial charge on any atom is 0.264 e. The highest BCUT2D eigenvalue weighted by Gasteiger charge is 2.21. The molecule has 1 aromatic rings. The van der Waals surface area contributed by atoms with Crippen molar-refractivity contribution in [1.82, 2.24) is 4.72 Å². The van der Waals surface area contributed by atoms with Crippen LogP contribution in [-0.2, 0) is 14.8 Å². The first-order chi connectivity index (χ1) is 7.86. The van der Waals surface area contributed by atoms with Gasteiger partial charge < -0.3 is 0 Å². The number of carbonyl (C=O) groups is 1. The van der Waals surface area contributed by atoms with E-state index in [1.165, 1.54) is 24.3 Å². The van der Waals surface area contributed by atoms with Gasteiger partial charge in [-0.2, -0.15) is 0 Å². The first kappa shape index (κ1) is 14.5. The molecule has 4 nitrogen and oxygen atoms in total. The van der Waals surface area contributed by atoms with Gasteiger partial charge in [0.05, 0.1) is 9.72 Å². The number of nitrogens with one attached hydrogen (secondary N) is 1. The van der Waals surface area contributed by atoms with E-state index in [-0.39, 0.29) is 4.90 Å². The van der Waals surface area contributed by atoms with Crippen LogP contribution in [0.2, 0.25) is 5.02 Å². The standard InChI is InChI=1S/C10H11BrClNO3S/c1-2-9(11)10(14)13-17(15,16)8-5-3-7(12)4-6-8/h3-6,9H,2H2,1H3,(H,13,14)/t9-/m1/s1. The van der Waals surface area contributed by atoms with Crippen LogP contribution in [0.15, 0.2) is 29.2 Å². The van der Waals surface area contributed by atoms with Gasteiger partial charge in [0.2, 0.25) is 5.91 Å². The molecule has 0 saturated carbocycles. The third-order valence-corrected chi connectivity index (χ3v) is 4.68. The molecule has 1 atom stereocenters. The van der Waals surface area contributed by atoms with E-state index in [1.807, 2.05) is 4.72 Å². The molecule has 1 aromatic carbocycles. The molecule has 1 N–H and O–H groups in total. The van der Waals surface area contributed by atoms with Crippen molar-refractivity contribution in [2.75, 3.05) is 0 Å². The smallest absolute Gasteiger partial charge is 0.264 e. The molecular formula is C10H11BrClNO3S. The van der Waals surface area contributed by atoms with Crippen molar-refractivity contribution in [2.24, 2.45) is 0 Å². The Morgan fingerprint density at radius 3 is 2.41 bits per heavy atom. The fourth-order valence-corrected chi connectivity index (χ4v) is 2.47. The highest BCUT2D eigenvalue weighted by Crippen LogP contribution is 2.14. The topological polar surface area (TPSA) is 63.2 Å². The van der Waals surface area contributed by atoms with E-state index in [0.717, 1.165) is 0 Å². The van der Waals surface area contributed by atoms with Gasteiger partial charge in [-0.05, 0) is 30.7 Å². The van der Waals surface area contributed by atoms with E-state index in [4.69, 9.17) is 11.6 Å². The Morgan fingerprint density at radius 1 is 1.41 bits per heavy atom. The SMILES string of the molecule is CC[C@@H](Br)C(=O)NS(=O)(=O)c1ccc(Cl)cc1. The molecule has 0 unspecified atom stereocenters. The van der Waals surface area contributed by atoms with E-state index < -0.39 is 20.8 Å². The predicted molar refractivity (Wildman–Crippen MR) is 69.8 cm³/mol. The van der Waals surface area contributed by atoms with Crippen LogP contribution in [0.1, 0.15) is 13.3 Å². The molecule has 0 bridgehead atoms. The zero-order valence-electron chi connectivity index (χ0n) is 8.98. The van der Waals surface area contributed by atoms with Crippen molar-refractivity contribution >= 4 is 43.5 Å². The Balaban J connectivity index is 2.89. The number of carbonyl (C=O) groups excluding carboxylic acids is 1. The summed E-state index contributed by atoms with van der Waals surface area (Å²) in [7, 11) is -3.82. The lowest BCUT2D eigenvalue weighted by atomic mass is 10.3. The minimum Gasteiger partial charge on any atom is -0.273 e. The molecule has 0 fully saturated rings. The number of hydrogen-bond acceptors (Lipinski definition) is 3. The van der Waals surface area contributed by atoms with Gasteiger partial charge in [-0.25, -0.2) is 13.1 Å². The number of amides is 1. The predicted octanol–water partition coefficient (Wildman–Crippen LogP) is 2.32. The molecule has 0 radical (unpaired) electrons. The second kappa shape index (κ2) is 5.84. The van der Waals surface area contributed by atoms with Gasteiger partial charge in [0.15, 0.2) is 0 Å². The molecule has 0 aliphatic heterocycles. The molecule has 94 valence electrons. The Bertz CT molecular complexity index is 501. The Labute approximate surface area is 114 Å². The molecular weight excluding hydrogens is 330 g/mol. The third kappa shape index (κ3) is 3.97. The second-order valence-corrected chi connectivity index (χ2v) is 6.52. The minimum absolute atomic E-state index is 0.00560. The lowest BCUT2D eigenvalue weighted by molar-refractivity contribution is -0.118. The molecule has 0 aliphatic carbocycles. The Morgan fingerprint density at radius 2 is 1.94 bits per heavy atom. The fourth-order valence-electron chi connectivity index (χ4n) is 1.05. The summed E-state index contributed by atoms with van der Waals surface area (Å²) >= 11 is 8.73. The number of benzene rings is 1. The number of halogens is 2. The molecule has 0 aliphatic rings. The van der Waals surface area contributed by atoms with Crippen molar-refractivity contribution in [3.05, 3.63) is 29.3 Å². The molecule has 0 aromatic heterocycles. The van der Waals surface area contributed by atoms with Crippen LogP contribution in [0.5, 0.6) is 0 Å². The lowest BCUT2D eigenvalue weighted by Crippen LogP contribution is -2.35. The van der Waals surface area contributed by atoms with E-state index >= 15 is 0 Å². The zero-order chi connectivity index (χ0) is 13.1. The van der Waals surface area contributed by atoms with E-state index in [1.54, 1.807) is 6.92 Å². The number of alkyl halides is 1. The van der Waals surface area contributed by atoms with Gasteiger partial charge in [-0.15, -0.1) is 0 Å². The maximum atomic E-state index is 11.8. The first-order valence-electron chi connectivity index (χ1n) is 4.83. The van der Waals surface area contributed by atoms with Crippen LogP contribution < -0.4 is 4.72 Å². The molecule has 1 amide bonds. The molecule has 0 saturated heterocycles. The van der Waals surface area contributed by atoms with Crippen LogP contribution in [0, 0.1) is 0 Å². The number of hydrogen-bond donors (Lipinski definition) is 1. The Hall–Kier alpha value is -0.590. The van der Waals surface area contributed by atoms with Crippen molar-refractivity contribution in [3.8, 4) is 0 Å². The summed E-state index contributed by atoms with van der Waals surface area (Å²) in [5, 5.41) is 0.433. The summed E-state index contributed by atoms with van der Waals surface area (Å²) in [6, 6.07) is 5.58. The monoisotopic (exact) mass is 339 g/mol. The highest BCUT2D eigenvalue weighted by atomic mass is 79.9. The van der Waals surface area contributed by atoms with Crippen LogP contribution in [0.25, 0.3) is 0 Å². The van der Waals surface area contributed by atoms with Gasteiger partial charge in [-0.3, -0.25) is 4.79 Å². The largest absolute Gasteiger partial charge is 0.273 e. The number of rotatable bonds is 4. The summed E-state index contributed by atoms with van der Waals surface area (Å²) in [6.45, 7) is 1.77. The highest BCUT2D eigenvalue weighted by molar-refractivity contribution is 9.10. The second-order valence-electron chi connectivity index (χ2n) is 3.30. The van der Waals surface area contributed by atoms with Crippen molar-refractivity contribution in [2.45, 2.75) is 23.1 Å². The van der Waals surface area contributed by atoms with Gasteiger partial charge in [0, 0.05) is 5.02 Å². The van der Waals surface area contributed by atoms with Crippen LogP contribution in [0.3, 0.4) is 0 Å². The molecule has 7 heteroatoms. The quantitative estimate of drug-likeness (QED) is 0.856. The molecule has 1 rings (SSSR count). The average molecular weight is 341 g/mol. The van der Waals surface area contributed by atoms with E-state index in [2.05, 4.69) is 15.9 Å². The summed E-state index contributed by atoms with van der Waals surface area (Å²) < 4.78 is 25.5. The van der Waals surface area contributed by atoms with Crippen LogP contribution in [0.4, 0.5) is 0 Å². The van der Waals surface area contributed by atoms with Crippen LogP contribution >= 0.6 is 27.5 Å². The minimum atomic E-state index is -3.82. The van der Waals surface area contributed by atoms with Crippen molar-refractivity contribution < 1.29 is 13.2 Å². The normalized spacial score (nSPS) is 13.1. The maximum absolute atomic E-state index is 11.8. The summed E-state index contributed by atoms with van der Waals surface area (Å²) in [4.78, 5) is 10.9. The summed E-state index contributed by atoms with van der Waals surface area (Å²) in [5.41, 5.74) is 0. The van der Waals surface area contributed by atoms with Crippen LogP contribution in [-0.4, -0.2) is 19.2 Å². The summed E-state index contributed by atoms with van der Waals surface area (Å²) in [6.07, 6.45) is 0.502. The van der Waals surface area contributed by atoms with Crippen molar-refractivity contribution in [1.29, 1.82) is 0 Å². The van der Waals surface area contributed by atoms with E-state index in [0.29, 0.717) is 11.4 Å². The lowest BCUT2D eigenvalue weighted by Gasteiger charge is -2.09. The van der Waals surface area contributed by atoms with Crippen molar-refractivity contribution in [3.63, 3.8) is 0 Å². The van der Waals surface area contributed by atoms with Gasteiger partial charge in [0.25, 0.3) is 10.0 Å². The zero-order valence-corrected chi connectivity index (χ0v) is 12.1. The molecule has 0 spiro atoms. The van der Waals surface area contributed by atoms with Gasteiger partial charge >= 0.3 is 0 Å². The molecule has 0 heterocycles. The molecule has 17 heavy (non-hydrogen) atoms. The van der Waals surface area contributed by atoms with E-state index in [9.17, 15) is 13.2 Å². The summed E-state index contributed by atoms with van der Waals surface area (Å²) in [5.74, 6) is -0.581. The Kier molecular flexibility index (Phi) is 4.97.